The number of hydrogen-bond acceptors (Lipinski definition) is 5. The number of nitrogens with zero attached hydrogens (tertiary/aromatic N) is 1. The SMILES string of the molecule is CC(C)(C)OC(=O)Cc1ccc2c3c(cccc13)C(=O)N2C1CCC(=O)NC1=O. The molecule has 3 amide bonds. The first kappa shape index (κ1) is 19.1. The Bertz CT molecular complexity index is 1070. The van der Waals surface area contributed by atoms with Gasteiger partial charge in [0, 0.05) is 17.4 Å². The Morgan fingerprint density at radius 3 is 2.62 bits per heavy atom. The number of anilines is 1. The molecule has 2 heterocycles. The summed E-state index contributed by atoms with van der Waals surface area (Å²) in [5, 5.41) is 3.82. The van der Waals surface area contributed by atoms with Crippen molar-refractivity contribution < 1.29 is 23.9 Å². The van der Waals surface area contributed by atoms with E-state index < -0.39 is 17.6 Å². The lowest BCUT2D eigenvalue weighted by Crippen LogP contribution is -2.53. The maximum atomic E-state index is 13.1. The third-order valence-electron chi connectivity index (χ3n) is 5.09. The lowest BCUT2D eigenvalue weighted by molar-refractivity contribution is -0.154. The summed E-state index contributed by atoms with van der Waals surface area (Å²) in [7, 11) is 0. The molecule has 1 fully saturated rings. The highest BCUT2D eigenvalue weighted by Gasteiger charge is 2.40. The minimum atomic E-state index is -0.729. The molecule has 2 aliphatic rings. The van der Waals surface area contributed by atoms with E-state index in [0.717, 1.165) is 16.3 Å². The van der Waals surface area contributed by atoms with Crippen molar-refractivity contribution in [1.82, 2.24) is 5.32 Å². The van der Waals surface area contributed by atoms with Crippen molar-refractivity contribution in [2.45, 2.75) is 51.7 Å². The van der Waals surface area contributed by atoms with Gasteiger partial charge in [-0.25, -0.2) is 0 Å². The van der Waals surface area contributed by atoms with Crippen LogP contribution in [0.5, 0.6) is 0 Å². The minimum Gasteiger partial charge on any atom is -0.460 e. The Morgan fingerprint density at radius 2 is 1.93 bits per heavy atom. The Hall–Kier alpha value is -3.22. The number of imide groups is 1. The maximum absolute atomic E-state index is 13.1. The molecule has 2 aromatic carbocycles. The third kappa shape index (κ3) is 3.37. The van der Waals surface area contributed by atoms with Crippen LogP contribution in [0.4, 0.5) is 5.69 Å². The average Bonchev–Trinajstić information content (AvgIpc) is 2.90. The summed E-state index contributed by atoms with van der Waals surface area (Å²) in [5.41, 5.74) is 1.30. The number of hydrogen-bond donors (Lipinski definition) is 1. The molecule has 0 aromatic heterocycles. The molecular formula is C22H22N2O5. The van der Waals surface area contributed by atoms with Crippen LogP contribution in [0.15, 0.2) is 30.3 Å². The first-order chi connectivity index (χ1) is 13.7. The van der Waals surface area contributed by atoms with Crippen molar-refractivity contribution in [3.05, 3.63) is 41.5 Å². The molecule has 7 nitrogen and oxygen atoms in total. The number of rotatable bonds is 3. The van der Waals surface area contributed by atoms with Crippen LogP contribution in [0, 0.1) is 0 Å². The van der Waals surface area contributed by atoms with Crippen molar-refractivity contribution in [2.75, 3.05) is 4.90 Å². The first-order valence-electron chi connectivity index (χ1n) is 9.59. The Balaban J connectivity index is 1.74. The predicted molar refractivity (Wildman–Crippen MR) is 106 cm³/mol. The molecule has 1 unspecified atom stereocenters. The molecule has 0 aliphatic carbocycles. The lowest BCUT2D eigenvalue weighted by Gasteiger charge is -2.30. The third-order valence-corrected chi connectivity index (χ3v) is 5.09. The van der Waals surface area contributed by atoms with Crippen molar-refractivity contribution in [3.63, 3.8) is 0 Å². The van der Waals surface area contributed by atoms with Crippen molar-refractivity contribution in [1.29, 1.82) is 0 Å². The Kier molecular flexibility index (Phi) is 4.41. The van der Waals surface area contributed by atoms with Crippen LogP contribution in [0.2, 0.25) is 0 Å². The normalized spacial score (nSPS) is 18.9. The van der Waals surface area contributed by atoms with Crippen LogP contribution in [-0.4, -0.2) is 35.3 Å². The minimum absolute atomic E-state index is 0.0874. The van der Waals surface area contributed by atoms with Gasteiger partial charge in [0.15, 0.2) is 0 Å². The van der Waals surface area contributed by atoms with Gasteiger partial charge in [-0.05, 0) is 50.3 Å². The highest BCUT2D eigenvalue weighted by atomic mass is 16.6. The maximum Gasteiger partial charge on any atom is 0.310 e. The fraction of sp³-hybridized carbons (Fsp3) is 0.364. The van der Waals surface area contributed by atoms with Crippen LogP contribution < -0.4 is 10.2 Å². The van der Waals surface area contributed by atoms with Crippen LogP contribution in [0.1, 0.15) is 49.5 Å². The largest absolute Gasteiger partial charge is 0.460 e. The second-order valence-corrected chi connectivity index (χ2v) is 8.38. The summed E-state index contributed by atoms with van der Waals surface area (Å²) in [4.78, 5) is 50.7. The van der Waals surface area contributed by atoms with Crippen LogP contribution in [0.25, 0.3) is 10.8 Å². The molecule has 1 atom stereocenters. The van der Waals surface area contributed by atoms with Gasteiger partial charge in [0.1, 0.15) is 11.6 Å². The molecule has 4 rings (SSSR count). The van der Waals surface area contributed by atoms with Gasteiger partial charge in [0.25, 0.3) is 5.91 Å². The van der Waals surface area contributed by atoms with Gasteiger partial charge in [0.05, 0.1) is 12.1 Å². The monoisotopic (exact) mass is 394 g/mol. The van der Waals surface area contributed by atoms with E-state index >= 15 is 0 Å². The molecule has 0 bridgehead atoms. The van der Waals surface area contributed by atoms with E-state index in [9.17, 15) is 19.2 Å². The zero-order valence-electron chi connectivity index (χ0n) is 16.6. The molecule has 2 aliphatic heterocycles. The van der Waals surface area contributed by atoms with E-state index in [1.165, 1.54) is 4.90 Å². The molecule has 7 heteroatoms. The lowest BCUT2D eigenvalue weighted by atomic mass is 9.98. The standard InChI is InChI=1S/C22H22N2O5/c1-22(2,3)29-18(26)11-12-7-8-15-19-13(12)5-4-6-14(19)21(28)24(15)16-9-10-17(25)23-20(16)27/h4-8,16H,9-11H2,1-3H3,(H,23,25,27). The van der Waals surface area contributed by atoms with Gasteiger partial charge >= 0.3 is 5.97 Å². The van der Waals surface area contributed by atoms with Crippen molar-refractivity contribution in [2.24, 2.45) is 0 Å². The number of piperidine rings is 1. The number of ether oxygens (including phenoxy) is 1. The van der Waals surface area contributed by atoms with Gasteiger partial charge in [-0.15, -0.1) is 0 Å². The molecule has 2 aromatic rings. The highest BCUT2D eigenvalue weighted by molar-refractivity contribution is 6.27. The van der Waals surface area contributed by atoms with Crippen molar-refractivity contribution in [3.8, 4) is 0 Å². The smallest absolute Gasteiger partial charge is 0.310 e. The summed E-state index contributed by atoms with van der Waals surface area (Å²) in [5.74, 6) is -1.40. The van der Waals surface area contributed by atoms with E-state index in [4.69, 9.17) is 4.74 Å². The van der Waals surface area contributed by atoms with E-state index in [0.29, 0.717) is 11.3 Å². The zero-order valence-corrected chi connectivity index (χ0v) is 16.6. The molecule has 1 saturated heterocycles. The summed E-state index contributed by atoms with van der Waals surface area (Å²) in [6.45, 7) is 5.44. The van der Waals surface area contributed by atoms with Gasteiger partial charge in [-0.1, -0.05) is 18.2 Å². The summed E-state index contributed by atoms with van der Waals surface area (Å²) >= 11 is 0. The van der Waals surface area contributed by atoms with Gasteiger partial charge in [0.2, 0.25) is 11.8 Å². The van der Waals surface area contributed by atoms with Gasteiger partial charge in [-0.3, -0.25) is 29.4 Å². The Morgan fingerprint density at radius 1 is 1.17 bits per heavy atom. The van der Waals surface area contributed by atoms with Crippen LogP contribution >= 0.6 is 0 Å². The number of amides is 3. The van der Waals surface area contributed by atoms with Gasteiger partial charge in [-0.2, -0.15) is 0 Å². The Labute approximate surface area is 168 Å². The molecule has 0 saturated carbocycles. The molecular weight excluding hydrogens is 372 g/mol. The fourth-order valence-corrected chi connectivity index (χ4v) is 3.99. The summed E-state index contributed by atoms with van der Waals surface area (Å²) in [6.07, 6.45) is 0.562. The molecule has 0 radical (unpaired) electrons. The van der Waals surface area contributed by atoms with E-state index in [1.807, 2.05) is 26.8 Å². The second kappa shape index (κ2) is 6.69. The van der Waals surface area contributed by atoms with Crippen molar-refractivity contribution >= 4 is 40.2 Å². The second-order valence-electron chi connectivity index (χ2n) is 8.38. The zero-order chi connectivity index (χ0) is 20.9. The molecule has 0 spiro atoms. The quantitative estimate of drug-likeness (QED) is 0.638. The number of nitrogens with one attached hydrogen (secondary N) is 1. The number of carbonyl (C=O) groups excluding carboxylic acids is 4. The molecule has 29 heavy (non-hydrogen) atoms. The van der Waals surface area contributed by atoms with E-state index in [2.05, 4.69) is 5.32 Å². The topological polar surface area (TPSA) is 92.8 Å². The number of benzene rings is 2. The molecule has 150 valence electrons. The fourth-order valence-electron chi connectivity index (χ4n) is 3.99. The van der Waals surface area contributed by atoms with Crippen LogP contribution in [0.3, 0.4) is 0 Å². The van der Waals surface area contributed by atoms with Crippen LogP contribution in [-0.2, 0) is 25.5 Å². The molecule has 1 N–H and O–H groups in total. The van der Waals surface area contributed by atoms with E-state index in [1.54, 1.807) is 24.3 Å². The summed E-state index contributed by atoms with van der Waals surface area (Å²) in [6, 6.07) is 8.18. The predicted octanol–water partition coefficient (Wildman–Crippen LogP) is 2.49. The number of esters is 1. The highest BCUT2D eigenvalue weighted by Crippen LogP contribution is 2.41. The summed E-state index contributed by atoms with van der Waals surface area (Å²) < 4.78 is 5.43. The van der Waals surface area contributed by atoms with Gasteiger partial charge < -0.3 is 4.74 Å². The average molecular weight is 394 g/mol. The first-order valence-corrected chi connectivity index (χ1v) is 9.59. The number of carbonyl (C=O) groups is 4. The van der Waals surface area contributed by atoms with E-state index in [-0.39, 0.29) is 37.0 Å².